The maximum absolute atomic E-state index is 9.11. The van der Waals surface area contributed by atoms with Crippen LogP contribution >= 0.6 is 0 Å². The van der Waals surface area contributed by atoms with E-state index < -0.39 is 0 Å². The van der Waals surface area contributed by atoms with Gasteiger partial charge in [-0.3, -0.25) is 0 Å². The summed E-state index contributed by atoms with van der Waals surface area (Å²) in [6, 6.07) is 8.05. The molecular weight excluding hydrogens is 214 g/mol. The molecule has 92 valence electrons. The van der Waals surface area contributed by atoms with Gasteiger partial charge >= 0.3 is 0 Å². The van der Waals surface area contributed by atoms with E-state index in [2.05, 4.69) is 19.9 Å². The van der Waals surface area contributed by atoms with Gasteiger partial charge in [0.2, 0.25) is 0 Å². The molecule has 0 amide bonds. The molecular formula is C14H19NO2. The van der Waals surface area contributed by atoms with Gasteiger partial charge in [-0.2, -0.15) is 5.26 Å². The zero-order valence-corrected chi connectivity index (χ0v) is 10.9. The second kappa shape index (κ2) is 6.15. The summed E-state index contributed by atoms with van der Waals surface area (Å²) in [5, 5.41) is 9.11. The molecule has 0 saturated carbocycles. The van der Waals surface area contributed by atoms with Crippen LogP contribution in [-0.4, -0.2) is 14.2 Å². The predicted octanol–water partition coefficient (Wildman–Crippen LogP) is 3.04. The monoisotopic (exact) mass is 233 g/mol. The Balaban J connectivity index is 2.94. The summed E-state index contributed by atoms with van der Waals surface area (Å²) >= 11 is 0. The first-order valence-electron chi connectivity index (χ1n) is 5.72. The normalized spacial score (nSPS) is 12.0. The first kappa shape index (κ1) is 13.4. The summed E-state index contributed by atoms with van der Waals surface area (Å²) in [5.74, 6) is 1.90. The lowest BCUT2D eigenvalue weighted by molar-refractivity contribution is 0.386. The Morgan fingerprint density at radius 2 is 1.94 bits per heavy atom. The van der Waals surface area contributed by atoms with Crippen LogP contribution < -0.4 is 9.47 Å². The summed E-state index contributed by atoms with van der Waals surface area (Å²) in [6.45, 7) is 4.12. The maximum atomic E-state index is 9.11. The van der Waals surface area contributed by atoms with Crippen molar-refractivity contribution in [2.75, 3.05) is 14.2 Å². The van der Waals surface area contributed by atoms with E-state index in [1.165, 1.54) is 0 Å². The molecule has 0 aliphatic carbocycles. The molecule has 0 aromatic heterocycles. The van der Waals surface area contributed by atoms with Crippen LogP contribution in [0.5, 0.6) is 11.5 Å². The first-order chi connectivity index (χ1) is 8.12. The quantitative estimate of drug-likeness (QED) is 0.785. The van der Waals surface area contributed by atoms with Crippen molar-refractivity contribution in [3.8, 4) is 17.6 Å². The van der Waals surface area contributed by atoms with Crippen molar-refractivity contribution in [2.24, 2.45) is 11.8 Å². The number of rotatable bonds is 5. The molecule has 3 heteroatoms. The van der Waals surface area contributed by atoms with Crippen LogP contribution in [0.3, 0.4) is 0 Å². The molecule has 1 rings (SSSR count). The van der Waals surface area contributed by atoms with Gasteiger partial charge in [-0.25, -0.2) is 0 Å². The Bertz CT molecular complexity index is 407. The lowest BCUT2D eigenvalue weighted by Crippen LogP contribution is -2.10. The van der Waals surface area contributed by atoms with Gasteiger partial charge in [-0.05, 0) is 24.0 Å². The molecule has 0 fully saturated rings. The minimum Gasteiger partial charge on any atom is -0.497 e. The zero-order valence-electron chi connectivity index (χ0n) is 10.9. The van der Waals surface area contributed by atoms with Gasteiger partial charge in [-0.15, -0.1) is 0 Å². The van der Waals surface area contributed by atoms with Crippen LogP contribution in [0.15, 0.2) is 18.2 Å². The minimum atomic E-state index is 0.0114. The molecule has 1 unspecified atom stereocenters. The number of benzene rings is 1. The molecule has 0 bridgehead atoms. The van der Waals surface area contributed by atoms with E-state index in [1.807, 2.05) is 18.2 Å². The third-order valence-corrected chi connectivity index (χ3v) is 2.90. The highest BCUT2D eigenvalue weighted by atomic mass is 16.5. The first-order valence-corrected chi connectivity index (χ1v) is 5.72. The van der Waals surface area contributed by atoms with Crippen LogP contribution in [0.1, 0.15) is 19.4 Å². The highest BCUT2D eigenvalue weighted by Gasteiger charge is 2.16. The SMILES string of the molecule is COc1ccc(CC(C#N)C(C)C)c(OC)c1. The number of methoxy groups -OCH3 is 2. The van der Waals surface area contributed by atoms with Gasteiger partial charge in [0.05, 0.1) is 26.2 Å². The van der Waals surface area contributed by atoms with Crippen LogP contribution in [0.25, 0.3) is 0 Å². The topological polar surface area (TPSA) is 42.2 Å². The van der Waals surface area contributed by atoms with Crippen molar-refractivity contribution in [1.82, 2.24) is 0 Å². The highest BCUT2D eigenvalue weighted by Crippen LogP contribution is 2.28. The van der Waals surface area contributed by atoms with E-state index in [-0.39, 0.29) is 5.92 Å². The molecule has 17 heavy (non-hydrogen) atoms. The van der Waals surface area contributed by atoms with E-state index in [1.54, 1.807) is 14.2 Å². The molecule has 3 nitrogen and oxygen atoms in total. The maximum Gasteiger partial charge on any atom is 0.125 e. The molecule has 0 spiro atoms. The second-order valence-corrected chi connectivity index (χ2v) is 4.36. The molecule has 1 atom stereocenters. The molecule has 0 aliphatic rings. The Hall–Kier alpha value is -1.69. The summed E-state index contributed by atoms with van der Waals surface area (Å²) in [6.07, 6.45) is 0.710. The van der Waals surface area contributed by atoms with Gasteiger partial charge < -0.3 is 9.47 Å². The number of hydrogen-bond donors (Lipinski definition) is 0. The van der Waals surface area contributed by atoms with E-state index >= 15 is 0 Å². The Morgan fingerprint density at radius 3 is 2.41 bits per heavy atom. The van der Waals surface area contributed by atoms with Gasteiger partial charge in [0.25, 0.3) is 0 Å². The molecule has 0 radical (unpaired) electrons. The lowest BCUT2D eigenvalue weighted by atomic mass is 9.90. The zero-order chi connectivity index (χ0) is 12.8. The standard InChI is InChI=1S/C14H19NO2/c1-10(2)12(9-15)7-11-5-6-13(16-3)8-14(11)17-4/h5-6,8,10,12H,7H2,1-4H3. The van der Waals surface area contributed by atoms with Gasteiger partial charge in [0.15, 0.2) is 0 Å². The fraction of sp³-hybridized carbons (Fsp3) is 0.500. The summed E-state index contributed by atoms with van der Waals surface area (Å²) in [5.41, 5.74) is 1.05. The minimum absolute atomic E-state index is 0.0114. The fourth-order valence-electron chi connectivity index (χ4n) is 1.69. The molecule has 1 aromatic rings. The van der Waals surface area contributed by atoms with E-state index in [9.17, 15) is 0 Å². The smallest absolute Gasteiger partial charge is 0.125 e. The number of nitrogens with zero attached hydrogens (tertiary/aromatic N) is 1. The Kier molecular flexibility index (Phi) is 4.84. The van der Waals surface area contributed by atoms with Crippen LogP contribution in [0.4, 0.5) is 0 Å². The van der Waals surface area contributed by atoms with Crippen LogP contribution in [0, 0.1) is 23.2 Å². The highest BCUT2D eigenvalue weighted by molar-refractivity contribution is 5.41. The third-order valence-electron chi connectivity index (χ3n) is 2.90. The second-order valence-electron chi connectivity index (χ2n) is 4.36. The summed E-state index contributed by atoms with van der Waals surface area (Å²) in [7, 11) is 3.26. The molecule has 0 heterocycles. The van der Waals surface area contributed by atoms with Gasteiger partial charge in [-0.1, -0.05) is 19.9 Å². The van der Waals surface area contributed by atoms with Crippen molar-refractivity contribution < 1.29 is 9.47 Å². The lowest BCUT2D eigenvalue weighted by Gasteiger charge is -2.15. The number of hydrogen-bond acceptors (Lipinski definition) is 3. The number of ether oxygens (including phenoxy) is 2. The largest absolute Gasteiger partial charge is 0.497 e. The van der Waals surface area contributed by atoms with Crippen molar-refractivity contribution in [1.29, 1.82) is 5.26 Å². The van der Waals surface area contributed by atoms with Crippen molar-refractivity contribution >= 4 is 0 Å². The molecule has 0 saturated heterocycles. The van der Waals surface area contributed by atoms with Crippen LogP contribution in [0.2, 0.25) is 0 Å². The molecule has 0 N–H and O–H groups in total. The van der Waals surface area contributed by atoms with Crippen molar-refractivity contribution in [3.05, 3.63) is 23.8 Å². The number of nitriles is 1. The predicted molar refractivity (Wildman–Crippen MR) is 67.2 cm³/mol. The molecule has 0 aliphatic heterocycles. The van der Waals surface area contributed by atoms with Gasteiger partial charge in [0, 0.05) is 6.07 Å². The third kappa shape index (κ3) is 3.39. The van der Waals surface area contributed by atoms with Gasteiger partial charge in [0.1, 0.15) is 11.5 Å². The average molecular weight is 233 g/mol. The van der Waals surface area contributed by atoms with E-state index in [4.69, 9.17) is 14.7 Å². The van der Waals surface area contributed by atoms with E-state index in [0.717, 1.165) is 17.1 Å². The van der Waals surface area contributed by atoms with E-state index in [0.29, 0.717) is 12.3 Å². The summed E-state index contributed by atoms with van der Waals surface area (Å²) < 4.78 is 10.5. The van der Waals surface area contributed by atoms with Crippen LogP contribution in [-0.2, 0) is 6.42 Å². The Morgan fingerprint density at radius 1 is 1.24 bits per heavy atom. The molecule has 1 aromatic carbocycles. The van der Waals surface area contributed by atoms with Crippen molar-refractivity contribution in [3.63, 3.8) is 0 Å². The Labute approximate surface area is 103 Å². The fourth-order valence-corrected chi connectivity index (χ4v) is 1.69. The van der Waals surface area contributed by atoms with Crippen molar-refractivity contribution in [2.45, 2.75) is 20.3 Å². The average Bonchev–Trinajstić information content (AvgIpc) is 2.35. The summed E-state index contributed by atoms with van der Waals surface area (Å²) in [4.78, 5) is 0.